The van der Waals surface area contributed by atoms with E-state index in [-0.39, 0.29) is 11.2 Å². The molecule has 2 aromatic rings. The van der Waals surface area contributed by atoms with E-state index in [1.54, 1.807) is 12.3 Å². The lowest BCUT2D eigenvalue weighted by atomic mass is 10.1. The monoisotopic (exact) mass is 387 g/mol. The molecule has 1 aliphatic rings. The molecular weight excluding hydrogens is 370 g/mol. The van der Waals surface area contributed by atoms with Crippen molar-refractivity contribution >= 4 is 40.7 Å². The maximum absolute atomic E-state index is 12.1. The van der Waals surface area contributed by atoms with Gasteiger partial charge < -0.3 is 10.1 Å². The highest BCUT2D eigenvalue weighted by Crippen LogP contribution is 2.24. The Morgan fingerprint density at radius 3 is 2.73 bits per heavy atom. The van der Waals surface area contributed by atoms with Crippen molar-refractivity contribution in [2.45, 2.75) is 18.6 Å². The number of amidine groups is 1. The first-order valence-electron chi connectivity index (χ1n) is 8.20. The summed E-state index contributed by atoms with van der Waals surface area (Å²) in [6, 6.07) is 15.1. The Morgan fingerprint density at radius 1 is 1.23 bits per heavy atom. The first-order chi connectivity index (χ1) is 12.7. The first kappa shape index (κ1) is 18.5. The van der Waals surface area contributed by atoms with Crippen molar-refractivity contribution in [2.75, 3.05) is 6.61 Å². The SMILES string of the molecule is CCOc1ccc(C[C@H]2S/C(=N/N=C\c3ccccc3Cl)NC2=O)cc1. The van der Waals surface area contributed by atoms with Gasteiger partial charge in [-0.3, -0.25) is 4.79 Å². The molecule has 1 heterocycles. The Hall–Kier alpha value is -2.31. The summed E-state index contributed by atoms with van der Waals surface area (Å²) >= 11 is 7.44. The molecule has 1 fully saturated rings. The van der Waals surface area contributed by atoms with E-state index >= 15 is 0 Å². The third-order valence-corrected chi connectivity index (χ3v) is 5.10. The molecular formula is C19H18ClN3O2S. The molecule has 26 heavy (non-hydrogen) atoms. The number of nitrogens with zero attached hydrogens (tertiary/aromatic N) is 2. The molecule has 0 aliphatic carbocycles. The average Bonchev–Trinajstić information content (AvgIpc) is 2.98. The molecule has 0 spiro atoms. The van der Waals surface area contributed by atoms with Crippen LogP contribution in [0.4, 0.5) is 0 Å². The van der Waals surface area contributed by atoms with Crippen LogP contribution in [0.2, 0.25) is 5.02 Å². The number of ether oxygens (including phenoxy) is 1. The van der Waals surface area contributed by atoms with Gasteiger partial charge in [0.1, 0.15) is 5.75 Å². The minimum absolute atomic E-state index is 0.0596. The number of halogens is 1. The van der Waals surface area contributed by atoms with Crippen LogP contribution in [-0.4, -0.2) is 29.1 Å². The summed E-state index contributed by atoms with van der Waals surface area (Å²) < 4.78 is 5.43. The maximum Gasteiger partial charge on any atom is 0.239 e. The van der Waals surface area contributed by atoms with Crippen molar-refractivity contribution in [1.29, 1.82) is 0 Å². The van der Waals surface area contributed by atoms with Gasteiger partial charge in [-0.1, -0.05) is 53.7 Å². The summed E-state index contributed by atoms with van der Waals surface area (Å²) in [7, 11) is 0. The molecule has 1 N–H and O–H groups in total. The lowest BCUT2D eigenvalue weighted by molar-refractivity contribution is -0.118. The standard InChI is InChI=1S/C19H18ClN3O2S/c1-2-25-15-9-7-13(8-10-15)11-17-18(24)22-19(26-17)23-21-12-14-5-3-4-6-16(14)20/h3-10,12,17H,2,11H2,1H3,(H,22,23,24)/b21-12-/t17-/m1/s1. The number of hydrogen-bond acceptors (Lipinski definition) is 5. The Labute approximate surface area is 161 Å². The average molecular weight is 388 g/mol. The van der Waals surface area contributed by atoms with E-state index in [1.165, 1.54) is 11.8 Å². The quantitative estimate of drug-likeness (QED) is 0.604. The zero-order valence-corrected chi connectivity index (χ0v) is 15.8. The first-order valence-corrected chi connectivity index (χ1v) is 9.46. The fourth-order valence-corrected chi connectivity index (χ4v) is 3.56. The molecule has 3 rings (SSSR count). The predicted octanol–water partition coefficient (Wildman–Crippen LogP) is 3.90. The van der Waals surface area contributed by atoms with Crippen LogP contribution in [0, 0.1) is 0 Å². The van der Waals surface area contributed by atoms with Gasteiger partial charge in [0, 0.05) is 10.6 Å². The van der Waals surface area contributed by atoms with Gasteiger partial charge in [0.2, 0.25) is 5.91 Å². The Bertz CT molecular complexity index is 837. The van der Waals surface area contributed by atoms with E-state index in [9.17, 15) is 4.79 Å². The summed E-state index contributed by atoms with van der Waals surface area (Å²) in [5.74, 6) is 0.770. The van der Waals surface area contributed by atoms with Crippen LogP contribution in [0.15, 0.2) is 58.7 Å². The number of thioether (sulfide) groups is 1. The van der Waals surface area contributed by atoms with Crippen molar-refractivity contribution in [3.63, 3.8) is 0 Å². The van der Waals surface area contributed by atoms with Gasteiger partial charge in [-0.05, 0) is 37.1 Å². The molecule has 5 nitrogen and oxygen atoms in total. The zero-order chi connectivity index (χ0) is 18.4. The van der Waals surface area contributed by atoms with Crippen molar-refractivity contribution < 1.29 is 9.53 Å². The minimum Gasteiger partial charge on any atom is -0.494 e. The lowest BCUT2D eigenvalue weighted by Crippen LogP contribution is -2.25. The molecule has 1 saturated heterocycles. The highest BCUT2D eigenvalue weighted by atomic mass is 35.5. The van der Waals surface area contributed by atoms with E-state index in [0.717, 1.165) is 16.9 Å². The van der Waals surface area contributed by atoms with Crippen molar-refractivity contribution in [3.8, 4) is 5.75 Å². The second kappa shape index (κ2) is 8.87. The predicted molar refractivity (Wildman–Crippen MR) is 107 cm³/mol. The Balaban J connectivity index is 1.60. The van der Waals surface area contributed by atoms with Crippen LogP contribution in [0.5, 0.6) is 5.75 Å². The summed E-state index contributed by atoms with van der Waals surface area (Å²) in [6.45, 7) is 2.58. The smallest absolute Gasteiger partial charge is 0.239 e. The number of amides is 1. The number of rotatable bonds is 6. The summed E-state index contributed by atoms with van der Waals surface area (Å²) in [5, 5.41) is 11.7. The second-order valence-corrected chi connectivity index (χ2v) is 7.15. The Morgan fingerprint density at radius 2 is 2.00 bits per heavy atom. The van der Waals surface area contributed by atoms with E-state index in [4.69, 9.17) is 16.3 Å². The lowest BCUT2D eigenvalue weighted by Gasteiger charge is -2.07. The van der Waals surface area contributed by atoms with Crippen LogP contribution in [-0.2, 0) is 11.2 Å². The highest BCUT2D eigenvalue weighted by molar-refractivity contribution is 8.15. The third-order valence-electron chi connectivity index (χ3n) is 3.68. The minimum atomic E-state index is -0.220. The number of nitrogens with one attached hydrogen (secondary N) is 1. The third kappa shape index (κ3) is 4.86. The second-order valence-electron chi connectivity index (χ2n) is 5.55. The summed E-state index contributed by atoms with van der Waals surface area (Å²) in [4.78, 5) is 12.1. The van der Waals surface area contributed by atoms with Crippen LogP contribution < -0.4 is 10.1 Å². The Kier molecular flexibility index (Phi) is 6.30. The van der Waals surface area contributed by atoms with E-state index < -0.39 is 0 Å². The molecule has 0 saturated carbocycles. The van der Waals surface area contributed by atoms with Crippen molar-refractivity contribution in [1.82, 2.24) is 5.32 Å². The van der Waals surface area contributed by atoms with Gasteiger partial charge in [0.05, 0.1) is 18.1 Å². The molecule has 0 bridgehead atoms. The van der Waals surface area contributed by atoms with Gasteiger partial charge in [0.15, 0.2) is 5.17 Å². The van der Waals surface area contributed by atoms with E-state index in [1.807, 2.05) is 49.4 Å². The van der Waals surface area contributed by atoms with E-state index in [2.05, 4.69) is 15.5 Å². The summed E-state index contributed by atoms with van der Waals surface area (Å²) in [5.41, 5.74) is 1.85. The van der Waals surface area contributed by atoms with Crippen molar-refractivity contribution in [2.24, 2.45) is 10.2 Å². The van der Waals surface area contributed by atoms with Crippen LogP contribution in [0.1, 0.15) is 18.1 Å². The van der Waals surface area contributed by atoms with E-state index in [0.29, 0.717) is 23.2 Å². The van der Waals surface area contributed by atoms with Crippen LogP contribution in [0.3, 0.4) is 0 Å². The van der Waals surface area contributed by atoms with Crippen LogP contribution >= 0.6 is 23.4 Å². The normalized spacial score (nSPS) is 18.5. The molecule has 1 amide bonds. The molecule has 7 heteroatoms. The maximum atomic E-state index is 12.1. The van der Waals surface area contributed by atoms with Crippen molar-refractivity contribution in [3.05, 3.63) is 64.7 Å². The summed E-state index contributed by atoms with van der Waals surface area (Å²) in [6.07, 6.45) is 2.19. The van der Waals surface area contributed by atoms with Crippen LogP contribution in [0.25, 0.3) is 0 Å². The number of hydrogen-bond donors (Lipinski definition) is 1. The number of carbonyl (C=O) groups is 1. The molecule has 1 aliphatic heterocycles. The van der Waals surface area contributed by atoms with Gasteiger partial charge in [0.25, 0.3) is 0 Å². The molecule has 0 aromatic heterocycles. The largest absolute Gasteiger partial charge is 0.494 e. The highest BCUT2D eigenvalue weighted by Gasteiger charge is 2.30. The van der Waals surface area contributed by atoms with Gasteiger partial charge in [-0.25, -0.2) is 0 Å². The molecule has 0 unspecified atom stereocenters. The molecule has 134 valence electrons. The molecule has 2 aromatic carbocycles. The fraction of sp³-hybridized carbons (Fsp3) is 0.211. The fourth-order valence-electron chi connectivity index (χ4n) is 2.41. The number of benzene rings is 2. The number of carbonyl (C=O) groups excluding carboxylic acids is 1. The van der Waals surface area contributed by atoms with Gasteiger partial charge in [-0.2, -0.15) is 5.10 Å². The molecule has 0 radical (unpaired) electrons. The van der Waals surface area contributed by atoms with Gasteiger partial charge >= 0.3 is 0 Å². The van der Waals surface area contributed by atoms with Gasteiger partial charge in [-0.15, -0.1) is 5.10 Å². The zero-order valence-electron chi connectivity index (χ0n) is 14.2. The topological polar surface area (TPSA) is 63.1 Å². The molecule has 1 atom stereocenters.